The lowest BCUT2D eigenvalue weighted by molar-refractivity contribution is -0.168. The minimum atomic E-state index is -4.13. The molecule has 0 N–H and O–H groups in total. The minimum Gasteiger partial charge on any atom is -0.459 e. The summed E-state index contributed by atoms with van der Waals surface area (Å²) in [6.07, 6.45) is 0.420. The molecule has 154 valence electrons. The fourth-order valence-electron chi connectivity index (χ4n) is 3.42. The molecule has 6 nitrogen and oxygen atoms in total. The predicted molar refractivity (Wildman–Crippen MR) is 108 cm³/mol. The number of hydrogen-bond acceptors (Lipinski definition) is 5. The van der Waals surface area contributed by atoms with Crippen molar-refractivity contribution < 1.29 is 22.7 Å². The zero-order valence-corrected chi connectivity index (χ0v) is 17.6. The lowest BCUT2D eigenvalue weighted by Crippen LogP contribution is -2.66. The van der Waals surface area contributed by atoms with Gasteiger partial charge in [-0.15, -0.1) is 0 Å². The smallest absolute Gasteiger partial charge is 0.331 e. The fraction of sp³-hybridized carbons (Fsp3) is 0.364. The Bertz CT molecular complexity index is 984. The topological polar surface area (TPSA) is 80.8 Å². The van der Waals surface area contributed by atoms with Gasteiger partial charge in [0.2, 0.25) is 5.91 Å². The molecule has 0 aromatic heterocycles. The molecule has 2 atom stereocenters. The quantitative estimate of drug-likeness (QED) is 0.512. The number of rotatable bonds is 7. The van der Waals surface area contributed by atoms with Crippen LogP contribution in [-0.4, -0.2) is 30.6 Å². The van der Waals surface area contributed by atoms with Crippen LogP contribution in [0.5, 0.6) is 0 Å². The van der Waals surface area contributed by atoms with Gasteiger partial charge >= 0.3 is 5.97 Å². The molecule has 1 amide bonds. The summed E-state index contributed by atoms with van der Waals surface area (Å²) in [6, 6.07) is 14.2. The van der Waals surface area contributed by atoms with Crippen LogP contribution in [0, 0.1) is 18.8 Å². The number of sulfonamides is 1. The molecular weight excluding hydrogens is 390 g/mol. The van der Waals surface area contributed by atoms with Gasteiger partial charge < -0.3 is 4.74 Å². The van der Waals surface area contributed by atoms with E-state index >= 15 is 0 Å². The molecule has 2 aromatic carbocycles. The number of esters is 1. The van der Waals surface area contributed by atoms with Crippen molar-refractivity contribution in [3.63, 3.8) is 0 Å². The lowest BCUT2D eigenvalue weighted by atomic mass is 9.83. The van der Waals surface area contributed by atoms with Crippen molar-refractivity contribution in [3.8, 4) is 0 Å². The van der Waals surface area contributed by atoms with Crippen molar-refractivity contribution in [1.29, 1.82) is 0 Å². The number of nitrogens with zero attached hydrogens (tertiary/aromatic N) is 1. The van der Waals surface area contributed by atoms with Crippen LogP contribution in [0.25, 0.3) is 0 Å². The first kappa shape index (κ1) is 21.0. The third-order valence-electron chi connectivity index (χ3n) is 4.94. The van der Waals surface area contributed by atoms with Gasteiger partial charge in [0.05, 0.1) is 10.8 Å². The summed E-state index contributed by atoms with van der Waals surface area (Å²) in [5.41, 5.74) is 1.69. The summed E-state index contributed by atoms with van der Waals surface area (Å²) in [5.74, 6) is -1.81. The Morgan fingerprint density at radius 3 is 2.28 bits per heavy atom. The second kappa shape index (κ2) is 8.37. The molecule has 2 aromatic rings. The summed E-state index contributed by atoms with van der Waals surface area (Å²) in [6.45, 7) is 5.72. The second-order valence-electron chi connectivity index (χ2n) is 7.73. The Hall–Kier alpha value is -2.67. The third-order valence-corrected chi connectivity index (χ3v) is 6.73. The van der Waals surface area contributed by atoms with Gasteiger partial charge in [0.25, 0.3) is 10.0 Å². The summed E-state index contributed by atoms with van der Waals surface area (Å²) < 4.78 is 32.2. The standard InChI is InChI=1S/C22H25NO5S/c1-15(2)13-19-20(22(25)28-14-17-7-5-4-6-8-17)23(21(19)24)29(26,27)18-11-9-16(3)10-12-18/h4-12,15,19-20H,13-14H2,1-3H3/t19-,20+/m1/s1. The first-order valence-electron chi connectivity index (χ1n) is 9.57. The summed E-state index contributed by atoms with van der Waals surface area (Å²) in [7, 11) is -4.13. The molecule has 0 radical (unpaired) electrons. The first-order chi connectivity index (χ1) is 13.7. The molecule has 0 bridgehead atoms. The third kappa shape index (κ3) is 4.34. The molecule has 1 saturated heterocycles. The van der Waals surface area contributed by atoms with Crippen molar-refractivity contribution in [2.75, 3.05) is 0 Å². The van der Waals surface area contributed by atoms with Crippen LogP contribution in [0.3, 0.4) is 0 Å². The maximum atomic E-state index is 13.1. The largest absolute Gasteiger partial charge is 0.459 e. The molecule has 0 unspecified atom stereocenters. The van der Waals surface area contributed by atoms with Gasteiger partial charge in [0.1, 0.15) is 6.61 Å². The van der Waals surface area contributed by atoms with Crippen LogP contribution in [0.4, 0.5) is 0 Å². The van der Waals surface area contributed by atoms with Crippen LogP contribution < -0.4 is 0 Å². The van der Waals surface area contributed by atoms with E-state index in [9.17, 15) is 18.0 Å². The van der Waals surface area contributed by atoms with E-state index in [0.29, 0.717) is 10.7 Å². The van der Waals surface area contributed by atoms with E-state index in [2.05, 4.69) is 0 Å². The highest BCUT2D eigenvalue weighted by Crippen LogP contribution is 2.37. The van der Waals surface area contributed by atoms with Crippen molar-refractivity contribution in [2.45, 2.75) is 44.7 Å². The van der Waals surface area contributed by atoms with Gasteiger partial charge in [-0.1, -0.05) is 61.9 Å². The average Bonchev–Trinajstić information content (AvgIpc) is 2.69. The Balaban J connectivity index is 1.85. The monoisotopic (exact) mass is 415 g/mol. The van der Waals surface area contributed by atoms with Gasteiger partial charge in [0.15, 0.2) is 6.04 Å². The molecule has 1 aliphatic heterocycles. The number of ether oxygens (including phenoxy) is 1. The molecule has 1 heterocycles. The summed E-state index contributed by atoms with van der Waals surface area (Å²) in [5, 5.41) is 0. The number of carbonyl (C=O) groups excluding carboxylic acids is 2. The number of amides is 1. The van der Waals surface area contributed by atoms with Crippen molar-refractivity contribution in [2.24, 2.45) is 11.8 Å². The van der Waals surface area contributed by atoms with Crippen LogP contribution in [-0.2, 0) is 31.0 Å². The van der Waals surface area contributed by atoms with Crippen molar-refractivity contribution in [3.05, 3.63) is 65.7 Å². The summed E-state index contributed by atoms with van der Waals surface area (Å²) >= 11 is 0. The Morgan fingerprint density at radius 2 is 1.69 bits per heavy atom. The van der Waals surface area contributed by atoms with E-state index in [1.807, 2.05) is 51.1 Å². The van der Waals surface area contributed by atoms with Gasteiger partial charge in [0, 0.05) is 0 Å². The summed E-state index contributed by atoms with van der Waals surface area (Å²) in [4.78, 5) is 25.5. The zero-order chi connectivity index (χ0) is 21.2. The van der Waals surface area contributed by atoms with Gasteiger partial charge in [-0.25, -0.2) is 17.5 Å². The number of hydrogen-bond donors (Lipinski definition) is 0. The predicted octanol–water partition coefficient (Wildman–Crippen LogP) is 3.30. The van der Waals surface area contributed by atoms with E-state index in [-0.39, 0.29) is 17.4 Å². The van der Waals surface area contributed by atoms with E-state index in [1.165, 1.54) is 12.1 Å². The minimum absolute atomic E-state index is 0.0136. The molecule has 1 fully saturated rings. The average molecular weight is 416 g/mol. The van der Waals surface area contributed by atoms with Gasteiger partial charge in [-0.05, 0) is 37.0 Å². The first-order valence-corrected chi connectivity index (χ1v) is 11.0. The van der Waals surface area contributed by atoms with Gasteiger partial charge in [-0.3, -0.25) is 4.79 Å². The van der Waals surface area contributed by atoms with Crippen LogP contribution in [0.1, 0.15) is 31.4 Å². The van der Waals surface area contributed by atoms with Crippen LogP contribution >= 0.6 is 0 Å². The number of aryl methyl sites for hydroxylation is 1. The highest BCUT2D eigenvalue weighted by Gasteiger charge is 2.57. The fourth-order valence-corrected chi connectivity index (χ4v) is 5.03. The van der Waals surface area contributed by atoms with E-state index < -0.39 is 33.9 Å². The number of β-lactam (4-membered cyclic amide) rings is 1. The molecule has 3 rings (SSSR count). The van der Waals surface area contributed by atoms with E-state index in [0.717, 1.165) is 11.1 Å². The van der Waals surface area contributed by atoms with E-state index in [1.54, 1.807) is 12.1 Å². The molecule has 7 heteroatoms. The highest BCUT2D eigenvalue weighted by atomic mass is 32.2. The molecule has 0 aliphatic carbocycles. The lowest BCUT2D eigenvalue weighted by Gasteiger charge is -2.44. The van der Waals surface area contributed by atoms with Gasteiger partial charge in [-0.2, -0.15) is 0 Å². The molecule has 0 saturated carbocycles. The van der Waals surface area contributed by atoms with Crippen LogP contribution in [0.15, 0.2) is 59.5 Å². The number of carbonyl (C=O) groups is 2. The Kier molecular flexibility index (Phi) is 6.07. The second-order valence-corrected chi connectivity index (χ2v) is 9.54. The zero-order valence-electron chi connectivity index (χ0n) is 16.7. The Morgan fingerprint density at radius 1 is 1.07 bits per heavy atom. The van der Waals surface area contributed by atoms with E-state index in [4.69, 9.17) is 4.74 Å². The molecule has 1 aliphatic rings. The molecular formula is C22H25NO5S. The normalized spacial score (nSPS) is 19.2. The molecule has 0 spiro atoms. The maximum Gasteiger partial charge on any atom is 0.331 e. The SMILES string of the molecule is Cc1ccc(S(=O)(=O)N2C(=O)[C@H](CC(C)C)[C@H]2C(=O)OCc2ccccc2)cc1. The number of benzene rings is 2. The van der Waals surface area contributed by atoms with Crippen molar-refractivity contribution >= 4 is 21.9 Å². The Labute approximate surface area is 171 Å². The highest BCUT2D eigenvalue weighted by molar-refractivity contribution is 7.89. The molecule has 29 heavy (non-hydrogen) atoms. The van der Waals surface area contributed by atoms with Crippen LogP contribution in [0.2, 0.25) is 0 Å². The van der Waals surface area contributed by atoms with Crippen molar-refractivity contribution in [1.82, 2.24) is 4.31 Å². The maximum absolute atomic E-state index is 13.1.